The molecule has 0 spiro atoms. The second kappa shape index (κ2) is 3.96. The average molecular weight is 170 g/mol. The first-order valence-corrected chi connectivity index (χ1v) is 3.50. The van der Waals surface area contributed by atoms with E-state index in [0.717, 1.165) is 0 Å². The number of halogens is 2. The summed E-state index contributed by atoms with van der Waals surface area (Å²) < 4.78 is 0. The fourth-order valence-corrected chi connectivity index (χ4v) is 0.489. The predicted octanol–water partition coefficient (Wildman–Crippen LogP) is 1.52. The van der Waals surface area contributed by atoms with Crippen LogP contribution in [0.4, 0.5) is 0 Å². The topological polar surface area (TPSA) is 29.1 Å². The van der Waals surface area contributed by atoms with Gasteiger partial charge < -0.3 is 5.32 Å². The van der Waals surface area contributed by atoms with Crippen molar-refractivity contribution in [1.82, 2.24) is 5.32 Å². The second-order valence-electron chi connectivity index (χ2n) is 1.96. The van der Waals surface area contributed by atoms with Crippen LogP contribution in [0.15, 0.2) is 0 Å². The molecular formula is C5H9Cl2NO. The molecule has 54 valence electrons. The van der Waals surface area contributed by atoms with E-state index in [1.54, 1.807) is 13.8 Å². The number of amides is 1. The highest BCUT2D eigenvalue weighted by Gasteiger charge is 2.08. The van der Waals surface area contributed by atoms with Gasteiger partial charge in [-0.05, 0) is 0 Å². The largest absolute Gasteiger partial charge is 0.327 e. The molecule has 0 aliphatic carbocycles. The van der Waals surface area contributed by atoms with Crippen molar-refractivity contribution in [2.45, 2.75) is 18.8 Å². The van der Waals surface area contributed by atoms with Gasteiger partial charge in [0.2, 0.25) is 5.91 Å². The van der Waals surface area contributed by atoms with Crippen LogP contribution in [-0.2, 0) is 4.79 Å². The van der Waals surface area contributed by atoms with Crippen LogP contribution in [-0.4, -0.2) is 10.9 Å². The van der Waals surface area contributed by atoms with E-state index < -0.39 is 4.96 Å². The Bertz CT molecular complexity index is 103. The molecule has 2 nitrogen and oxygen atoms in total. The Kier molecular flexibility index (Phi) is 3.98. The zero-order valence-corrected chi connectivity index (χ0v) is 6.83. The molecular weight excluding hydrogens is 161 g/mol. The number of alkyl halides is 2. The molecule has 0 heterocycles. The summed E-state index contributed by atoms with van der Waals surface area (Å²) in [5.74, 6) is -0.199. The van der Waals surface area contributed by atoms with Crippen LogP contribution in [0.5, 0.6) is 0 Å². The second-order valence-corrected chi connectivity index (χ2v) is 3.06. The van der Waals surface area contributed by atoms with Crippen LogP contribution < -0.4 is 5.32 Å². The highest BCUT2D eigenvalue weighted by Crippen LogP contribution is 1.98. The normalized spacial score (nSPS) is 10.4. The van der Waals surface area contributed by atoms with Crippen molar-refractivity contribution in [1.29, 1.82) is 0 Å². The Hall–Kier alpha value is 0.0500. The Morgan fingerprint density at radius 1 is 1.44 bits per heavy atom. The van der Waals surface area contributed by atoms with Crippen molar-refractivity contribution in [3.8, 4) is 0 Å². The molecule has 0 aliphatic rings. The number of rotatable bonds is 2. The number of nitrogens with one attached hydrogen (secondary N) is 1. The monoisotopic (exact) mass is 169 g/mol. The van der Waals surface area contributed by atoms with Crippen LogP contribution in [0.2, 0.25) is 0 Å². The molecule has 9 heavy (non-hydrogen) atoms. The Morgan fingerprint density at radius 2 is 1.89 bits per heavy atom. The molecule has 0 aliphatic heterocycles. The van der Waals surface area contributed by atoms with Crippen LogP contribution >= 0.6 is 23.2 Å². The number of hydrogen-bond donors (Lipinski definition) is 1. The van der Waals surface area contributed by atoms with E-state index in [2.05, 4.69) is 5.32 Å². The predicted molar refractivity (Wildman–Crippen MR) is 38.5 cm³/mol. The van der Waals surface area contributed by atoms with E-state index >= 15 is 0 Å². The quantitative estimate of drug-likeness (QED) is 0.494. The lowest BCUT2D eigenvalue weighted by Crippen LogP contribution is -2.30. The zero-order valence-electron chi connectivity index (χ0n) is 5.32. The summed E-state index contributed by atoms with van der Waals surface area (Å²) in [4.78, 5) is 9.88. The molecule has 0 rings (SSSR count). The summed E-state index contributed by atoms with van der Waals surface area (Å²) in [6, 6.07) is 0. The fourth-order valence-electron chi connectivity index (χ4n) is 0.274. The highest BCUT2D eigenvalue weighted by atomic mass is 35.5. The van der Waals surface area contributed by atoms with Gasteiger partial charge in [-0.2, -0.15) is 0 Å². The lowest BCUT2D eigenvalue weighted by Gasteiger charge is -2.06. The van der Waals surface area contributed by atoms with Crippen molar-refractivity contribution in [3.05, 3.63) is 0 Å². The van der Waals surface area contributed by atoms with Gasteiger partial charge in [-0.1, -0.05) is 37.0 Å². The summed E-state index contributed by atoms with van der Waals surface area (Å²) >= 11 is 10.5. The smallest absolute Gasteiger partial charge is 0.224 e. The van der Waals surface area contributed by atoms with Crippen LogP contribution in [0.3, 0.4) is 0 Å². The van der Waals surface area contributed by atoms with Crippen molar-refractivity contribution in [2.24, 2.45) is 5.92 Å². The molecule has 0 unspecified atom stereocenters. The molecule has 1 amide bonds. The van der Waals surface area contributed by atoms with E-state index in [1.807, 2.05) is 0 Å². The first-order valence-electron chi connectivity index (χ1n) is 2.62. The molecule has 0 aromatic carbocycles. The number of carbonyl (C=O) groups is 1. The molecule has 0 bridgehead atoms. The maximum absolute atomic E-state index is 10.7. The molecule has 0 aromatic rings. The van der Waals surface area contributed by atoms with Gasteiger partial charge in [-0.15, -0.1) is 0 Å². The summed E-state index contributed by atoms with van der Waals surface area (Å²) in [5.41, 5.74) is 0. The Balaban J connectivity index is 3.51. The third-order valence-corrected chi connectivity index (χ3v) is 0.994. The Morgan fingerprint density at radius 3 is 2.00 bits per heavy atom. The molecule has 0 saturated carbocycles. The number of carbonyl (C=O) groups excluding carboxylic acids is 1. The lowest BCUT2D eigenvalue weighted by molar-refractivity contribution is -0.123. The van der Waals surface area contributed by atoms with Crippen LogP contribution in [0.1, 0.15) is 13.8 Å². The lowest BCUT2D eigenvalue weighted by atomic mass is 10.2. The maximum Gasteiger partial charge on any atom is 0.224 e. The minimum absolute atomic E-state index is 0.0648. The number of hydrogen-bond acceptors (Lipinski definition) is 1. The van der Waals surface area contributed by atoms with Crippen molar-refractivity contribution in [2.75, 3.05) is 0 Å². The molecule has 0 saturated heterocycles. The van der Waals surface area contributed by atoms with E-state index in [-0.39, 0.29) is 11.8 Å². The molecule has 0 aromatic heterocycles. The summed E-state index contributed by atoms with van der Waals surface area (Å²) in [7, 11) is 0. The van der Waals surface area contributed by atoms with Crippen LogP contribution in [0.25, 0.3) is 0 Å². The average Bonchev–Trinajstić information content (AvgIpc) is 1.63. The third kappa shape index (κ3) is 4.55. The maximum atomic E-state index is 10.7. The molecule has 0 atom stereocenters. The van der Waals surface area contributed by atoms with E-state index in [4.69, 9.17) is 23.2 Å². The van der Waals surface area contributed by atoms with Crippen LogP contribution in [0, 0.1) is 5.92 Å². The molecule has 1 N–H and O–H groups in total. The first kappa shape index (κ1) is 9.05. The summed E-state index contributed by atoms with van der Waals surface area (Å²) in [6.45, 7) is 3.54. The van der Waals surface area contributed by atoms with Gasteiger partial charge in [0.1, 0.15) is 0 Å². The minimum atomic E-state index is -0.792. The summed E-state index contributed by atoms with van der Waals surface area (Å²) in [5, 5.41) is 2.33. The fraction of sp³-hybridized carbons (Fsp3) is 0.800. The van der Waals surface area contributed by atoms with Gasteiger partial charge in [-0.3, -0.25) is 4.79 Å². The van der Waals surface area contributed by atoms with Gasteiger partial charge in [0.05, 0.1) is 0 Å². The van der Waals surface area contributed by atoms with Gasteiger partial charge in [0, 0.05) is 5.92 Å². The van der Waals surface area contributed by atoms with E-state index in [0.29, 0.717) is 0 Å². The third-order valence-electron chi connectivity index (χ3n) is 0.776. The molecule has 4 heteroatoms. The minimum Gasteiger partial charge on any atom is -0.327 e. The van der Waals surface area contributed by atoms with Crippen molar-refractivity contribution in [3.63, 3.8) is 0 Å². The van der Waals surface area contributed by atoms with Gasteiger partial charge in [0.25, 0.3) is 0 Å². The standard InChI is InChI=1S/C5H9Cl2NO/c1-3(2)4(9)8-5(6)7/h3,5H,1-2H3,(H,8,9). The van der Waals surface area contributed by atoms with E-state index in [1.165, 1.54) is 0 Å². The van der Waals surface area contributed by atoms with Gasteiger partial charge in [-0.25, -0.2) is 0 Å². The van der Waals surface area contributed by atoms with Gasteiger partial charge in [0.15, 0.2) is 4.96 Å². The van der Waals surface area contributed by atoms with Gasteiger partial charge >= 0.3 is 0 Å². The highest BCUT2D eigenvalue weighted by molar-refractivity contribution is 6.44. The molecule has 0 radical (unpaired) electrons. The van der Waals surface area contributed by atoms with Crippen molar-refractivity contribution >= 4 is 29.1 Å². The zero-order chi connectivity index (χ0) is 7.44. The van der Waals surface area contributed by atoms with E-state index in [9.17, 15) is 4.79 Å². The SMILES string of the molecule is CC(C)C(=O)NC(Cl)Cl. The summed E-state index contributed by atoms with van der Waals surface area (Å²) in [6.07, 6.45) is 0. The molecule has 0 fully saturated rings. The first-order chi connectivity index (χ1) is 4.04. The van der Waals surface area contributed by atoms with Crippen molar-refractivity contribution < 1.29 is 4.79 Å². The Labute approximate surface area is 64.5 Å².